The minimum Gasteiger partial charge on any atom is -0.396 e. The van der Waals surface area contributed by atoms with Crippen LogP contribution in [0.2, 0.25) is 0 Å². The van der Waals surface area contributed by atoms with Gasteiger partial charge in [-0.15, -0.1) is 0 Å². The highest BCUT2D eigenvalue weighted by atomic mass is 19.1. The van der Waals surface area contributed by atoms with E-state index in [2.05, 4.69) is 10.3 Å². The van der Waals surface area contributed by atoms with Crippen molar-refractivity contribution in [2.45, 2.75) is 13.3 Å². The molecule has 1 amide bonds. The minimum atomic E-state index is -0.772. The molecular formula is C17H18F2N2O2. The molecule has 2 rings (SSSR count). The molecule has 2 aromatic rings. The van der Waals surface area contributed by atoms with E-state index in [4.69, 9.17) is 0 Å². The average Bonchev–Trinajstić information content (AvgIpc) is 2.55. The van der Waals surface area contributed by atoms with Crippen LogP contribution < -0.4 is 5.32 Å². The molecule has 6 heteroatoms. The van der Waals surface area contributed by atoms with Gasteiger partial charge in [0, 0.05) is 31.0 Å². The predicted molar refractivity (Wildman–Crippen MR) is 81.9 cm³/mol. The molecule has 0 aliphatic heterocycles. The van der Waals surface area contributed by atoms with Gasteiger partial charge in [0.05, 0.1) is 5.56 Å². The van der Waals surface area contributed by atoms with Gasteiger partial charge in [-0.3, -0.25) is 9.78 Å². The Morgan fingerprint density at radius 3 is 2.74 bits per heavy atom. The van der Waals surface area contributed by atoms with Crippen molar-refractivity contribution in [3.05, 3.63) is 65.0 Å². The Kier molecular flexibility index (Phi) is 5.76. The van der Waals surface area contributed by atoms with Gasteiger partial charge in [0.25, 0.3) is 5.91 Å². The lowest BCUT2D eigenvalue weighted by molar-refractivity contribution is 0.0935. The van der Waals surface area contributed by atoms with Crippen LogP contribution in [0.4, 0.5) is 8.78 Å². The molecule has 0 aliphatic carbocycles. The molecule has 0 saturated heterocycles. The van der Waals surface area contributed by atoms with Crippen molar-refractivity contribution in [3.8, 4) is 0 Å². The SMILES string of the molecule is Cc1cc(F)c(C(=O)NCC(CO)Cc2ccccn2)cc1F. The van der Waals surface area contributed by atoms with Crippen molar-refractivity contribution in [3.63, 3.8) is 0 Å². The lowest BCUT2D eigenvalue weighted by Crippen LogP contribution is -2.32. The standard InChI is InChI=1S/C17H18F2N2O2/c1-11-6-16(19)14(8-15(11)18)17(23)21-9-12(10-22)7-13-4-2-3-5-20-13/h2-6,8,12,22H,7,9-10H2,1H3,(H,21,23). The number of nitrogens with one attached hydrogen (secondary N) is 1. The van der Waals surface area contributed by atoms with Gasteiger partial charge in [0.2, 0.25) is 0 Å². The lowest BCUT2D eigenvalue weighted by atomic mass is 10.0. The first-order chi connectivity index (χ1) is 11.0. The Labute approximate surface area is 133 Å². The Morgan fingerprint density at radius 1 is 1.30 bits per heavy atom. The number of aliphatic hydroxyl groups excluding tert-OH is 1. The molecule has 1 unspecified atom stereocenters. The number of benzene rings is 1. The van der Waals surface area contributed by atoms with Crippen molar-refractivity contribution >= 4 is 5.91 Å². The van der Waals surface area contributed by atoms with Gasteiger partial charge in [-0.2, -0.15) is 0 Å². The van der Waals surface area contributed by atoms with Crippen LogP contribution in [-0.4, -0.2) is 29.1 Å². The zero-order valence-corrected chi connectivity index (χ0v) is 12.7. The highest BCUT2D eigenvalue weighted by Gasteiger charge is 2.17. The van der Waals surface area contributed by atoms with Crippen molar-refractivity contribution in [2.75, 3.05) is 13.2 Å². The van der Waals surface area contributed by atoms with E-state index in [1.807, 2.05) is 12.1 Å². The maximum absolute atomic E-state index is 13.7. The van der Waals surface area contributed by atoms with E-state index in [1.54, 1.807) is 12.3 Å². The number of hydrogen-bond acceptors (Lipinski definition) is 3. The molecule has 0 bridgehead atoms. The minimum absolute atomic E-state index is 0.140. The number of carbonyl (C=O) groups is 1. The van der Waals surface area contributed by atoms with E-state index in [0.29, 0.717) is 6.42 Å². The Hall–Kier alpha value is -2.34. The van der Waals surface area contributed by atoms with Gasteiger partial charge in [-0.1, -0.05) is 6.07 Å². The summed E-state index contributed by atoms with van der Waals surface area (Å²) in [5, 5.41) is 11.9. The lowest BCUT2D eigenvalue weighted by Gasteiger charge is -2.15. The fourth-order valence-corrected chi connectivity index (χ4v) is 2.17. The van der Waals surface area contributed by atoms with Gasteiger partial charge in [-0.05, 0) is 43.2 Å². The number of amides is 1. The highest BCUT2D eigenvalue weighted by Crippen LogP contribution is 2.14. The van der Waals surface area contributed by atoms with E-state index in [1.165, 1.54) is 6.92 Å². The fourth-order valence-electron chi connectivity index (χ4n) is 2.17. The molecule has 2 N–H and O–H groups in total. The van der Waals surface area contributed by atoms with Gasteiger partial charge < -0.3 is 10.4 Å². The van der Waals surface area contributed by atoms with E-state index in [9.17, 15) is 18.7 Å². The smallest absolute Gasteiger partial charge is 0.254 e. The summed E-state index contributed by atoms with van der Waals surface area (Å²) in [7, 11) is 0. The van der Waals surface area contributed by atoms with Crippen molar-refractivity contribution in [2.24, 2.45) is 5.92 Å². The predicted octanol–water partition coefficient (Wildman–Crippen LogP) is 2.25. The van der Waals surface area contributed by atoms with Gasteiger partial charge in [-0.25, -0.2) is 8.78 Å². The van der Waals surface area contributed by atoms with E-state index in [0.717, 1.165) is 17.8 Å². The first kappa shape index (κ1) is 17.0. The molecule has 1 aromatic heterocycles. The van der Waals surface area contributed by atoms with Crippen LogP contribution in [0.3, 0.4) is 0 Å². The second-order valence-electron chi connectivity index (χ2n) is 5.37. The molecule has 122 valence electrons. The summed E-state index contributed by atoms with van der Waals surface area (Å²) in [5.74, 6) is -2.37. The Bertz CT molecular complexity index is 678. The van der Waals surface area contributed by atoms with Crippen LogP contribution in [0.5, 0.6) is 0 Å². The number of halogens is 2. The second-order valence-corrected chi connectivity index (χ2v) is 5.37. The number of rotatable bonds is 6. The van der Waals surface area contributed by atoms with Crippen molar-refractivity contribution in [1.82, 2.24) is 10.3 Å². The molecule has 23 heavy (non-hydrogen) atoms. The molecule has 1 aromatic carbocycles. The normalized spacial score (nSPS) is 12.0. The molecule has 1 heterocycles. The number of nitrogens with zero attached hydrogens (tertiary/aromatic N) is 1. The molecule has 0 aliphatic rings. The summed E-state index contributed by atoms with van der Waals surface area (Å²) < 4.78 is 27.2. The van der Waals surface area contributed by atoms with Crippen LogP contribution in [0, 0.1) is 24.5 Å². The Morgan fingerprint density at radius 2 is 2.09 bits per heavy atom. The number of aliphatic hydroxyl groups is 1. The van der Waals surface area contributed by atoms with Gasteiger partial charge in [0.1, 0.15) is 11.6 Å². The monoisotopic (exact) mass is 320 g/mol. The number of aryl methyl sites for hydroxylation is 1. The largest absolute Gasteiger partial charge is 0.396 e. The van der Waals surface area contributed by atoms with Gasteiger partial charge in [0.15, 0.2) is 0 Å². The van der Waals surface area contributed by atoms with Crippen molar-refractivity contribution in [1.29, 1.82) is 0 Å². The van der Waals surface area contributed by atoms with Crippen LogP contribution in [0.25, 0.3) is 0 Å². The van der Waals surface area contributed by atoms with Gasteiger partial charge >= 0.3 is 0 Å². The quantitative estimate of drug-likeness (QED) is 0.858. The molecule has 1 atom stereocenters. The number of carbonyl (C=O) groups excluding carboxylic acids is 1. The maximum atomic E-state index is 13.7. The van der Waals surface area contributed by atoms with Crippen LogP contribution in [0.15, 0.2) is 36.5 Å². The molecule has 0 spiro atoms. The van der Waals surface area contributed by atoms with Crippen LogP contribution in [0.1, 0.15) is 21.6 Å². The maximum Gasteiger partial charge on any atom is 0.254 e. The first-order valence-electron chi connectivity index (χ1n) is 7.26. The zero-order chi connectivity index (χ0) is 16.8. The molecule has 0 radical (unpaired) electrons. The fraction of sp³-hybridized carbons (Fsp3) is 0.294. The summed E-state index contributed by atoms with van der Waals surface area (Å²) in [6, 6.07) is 7.31. The summed E-state index contributed by atoms with van der Waals surface area (Å²) >= 11 is 0. The first-order valence-corrected chi connectivity index (χ1v) is 7.26. The molecular weight excluding hydrogens is 302 g/mol. The number of pyridine rings is 1. The average molecular weight is 320 g/mol. The van der Waals surface area contributed by atoms with E-state index in [-0.39, 0.29) is 30.2 Å². The summed E-state index contributed by atoms with van der Waals surface area (Å²) in [4.78, 5) is 16.1. The molecule has 0 saturated carbocycles. The zero-order valence-electron chi connectivity index (χ0n) is 12.7. The Balaban J connectivity index is 1.98. The third-order valence-corrected chi connectivity index (χ3v) is 3.53. The summed E-state index contributed by atoms with van der Waals surface area (Å²) in [6.07, 6.45) is 2.12. The summed E-state index contributed by atoms with van der Waals surface area (Å²) in [6.45, 7) is 1.41. The van der Waals surface area contributed by atoms with Crippen molar-refractivity contribution < 1.29 is 18.7 Å². The van der Waals surface area contributed by atoms with E-state index < -0.39 is 17.5 Å². The molecule has 4 nitrogen and oxygen atoms in total. The van der Waals surface area contributed by atoms with Crippen LogP contribution >= 0.6 is 0 Å². The van der Waals surface area contributed by atoms with Crippen LogP contribution in [-0.2, 0) is 6.42 Å². The topological polar surface area (TPSA) is 62.2 Å². The second kappa shape index (κ2) is 7.78. The highest BCUT2D eigenvalue weighted by molar-refractivity contribution is 5.94. The van der Waals surface area contributed by atoms with E-state index >= 15 is 0 Å². The number of aromatic nitrogens is 1. The third-order valence-electron chi connectivity index (χ3n) is 3.53. The third kappa shape index (κ3) is 4.56. The molecule has 0 fully saturated rings. The summed E-state index contributed by atoms with van der Waals surface area (Å²) in [5.41, 5.74) is 0.582. The number of hydrogen-bond donors (Lipinski definition) is 2.